The summed E-state index contributed by atoms with van der Waals surface area (Å²) in [5, 5.41) is 15.3. The van der Waals surface area contributed by atoms with Crippen LogP contribution in [0.2, 0.25) is 0 Å². The third-order valence-corrected chi connectivity index (χ3v) is 5.94. The minimum Gasteiger partial charge on any atom is -0.435 e. The fraction of sp³-hybridized carbons (Fsp3) is 0.423. The van der Waals surface area contributed by atoms with Crippen molar-refractivity contribution in [2.45, 2.75) is 64.6 Å². The second kappa shape index (κ2) is 10.3. The molecule has 1 aliphatic carbocycles. The van der Waals surface area contributed by atoms with Crippen LogP contribution in [0.25, 0.3) is 5.69 Å². The SMILES string of the molecule is CCCCC(O)CN(Cc1c(C)nn(-c2ccccc2)c1Oc1ccccc1F)C1CC1. The van der Waals surface area contributed by atoms with E-state index in [0.717, 1.165) is 49.0 Å². The maximum atomic E-state index is 14.4. The van der Waals surface area contributed by atoms with Crippen molar-refractivity contribution in [2.24, 2.45) is 0 Å². The summed E-state index contributed by atoms with van der Waals surface area (Å²) in [5.41, 5.74) is 2.62. The molecule has 1 aliphatic rings. The van der Waals surface area contributed by atoms with Gasteiger partial charge in [-0.25, -0.2) is 9.07 Å². The number of aryl methyl sites for hydroxylation is 1. The van der Waals surface area contributed by atoms with Gasteiger partial charge < -0.3 is 9.84 Å². The van der Waals surface area contributed by atoms with E-state index in [1.165, 1.54) is 6.07 Å². The topological polar surface area (TPSA) is 50.5 Å². The molecule has 5 nitrogen and oxygen atoms in total. The fourth-order valence-electron chi connectivity index (χ4n) is 3.99. The molecule has 1 heterocycles. The van der Waals surface area contributed by atoms with E-state index in [0.29, 0.717) is 25.0 Å². The molecule has 1 fully saturated rings. The van der Waals surface area contributed by atoms with Crippen LogP contribution in [0.1, 0.15) is 50.3 Å². The molecule has 32 heavy (non-hydrogen) atoms. The largest absolute Gasteiger partial charge is 0.435 e. The Morgan fingerprint density at radius 1 is 1.16 bits per heavy atom. The van der Waals surface area contributed by atoms with Crippen LogP contribution in [-0.2, 0) is 6.54 Å². The van der Waals surface area contributed by atoms with Crippen molar-refractivity contribution in [2.75, 3.05) is 6.54 Å². The lowest BCUT2D eigenvalue weighted by Gasteiger charge is -2.25. The minimum absolute atomic E-state index is 0.173. The Labute approximate surface area is 189 Å². The maximum Gasteiger partial charge on any atom is 0.227 e. The number of hydrogen-bond donors (Lipinski definition) is 1. The van der Waals surface area contributed by atoms with Gasteiger partial charge in [-0.1, -0.05) is 50.1 Å². The summed E-state index contributed by atoms with van der Waals surface area (Å²) in [6.07, 6.45) is 4.82. The highest BCUT2D eigenvalue weighted by atomic mass is 19.1. The highest BCUT2D eigenvalue weighted by Gasteiger charge is 2.32. The molecule has 3 aromatic rings. The van der Waals surface area contributed by atoms with Gasteiger partial charge in [0, 0.05) is 19.1 Å². The van der Waals surface area contributed by atoms with E-state index >= 15 is 0 Å². The van der Waals surface area contributed by atoms with E-state index in [-0.39, 0.29) is 11.9 Å². The first kappa shape index (κ1) is 22.5. The van der Waals surface area contributed by atoms with Gasteiger partial charge in [0.15, 0.2) is 11.6 Å². The Hall–Kier alpha value is -2.70. The molecule has 0 amide bonds. The summed E-state index contributed by atoms with van der Waals surface area (Å²) < 4.78 is 22.3. The van der Waals surface area contributed by atoms with Gasteiger partial charge in [-0.05, 0) is 50.5 Å². The van der Waals surface area contributed by atoms with Crippen LogP contribution < -0.4 is 4.74 Å². The van der Waals surface area contributed by atoms with Crippen molar-refractivity contribution in [3.63, 3.8) is 0 Å². The van der Waals surface area contributed by atoms with Gasteiger partial charge in [-0.2, -0.15) is 5.10 Å². The lowest BCUT2D eigenvalue weighted by Crippen LogP contribution is -2.34. The zero-order valence-corrected chi connectivity index (χ0v) is 18.9. The number of aromatic nitrogens is 2. The quantitative estimate of drug-likeness (QED) is 0.423. The summed E-state index contributed by atoms with van der Waals surface area (Å²) in [5.74, 6) is 0.283. The minimum atomic E-state index is -0.411. The number of unbranched alkanes of at least 4 members (excludes halogenated alkanes) is 1. The van der Waals surface area contributed by atoms with Gasteiger partial charge in [0.2, 0.25) is 5.88 Å². The first-order valence-electron chi connectivity index (χ1n) is 11.5. The Morgan fingerprint density at radius 2 is 1.88 bits per heavy atom. The lowest BCUT2D eigenvalue weighted by molar-refractivity contribution is 0.0949. The predicted octanol–water partition coefficient (Wildman–Crippen LogP) is 5.63. The number of aliphatic hydroxyl groups excluding tert-OH is 1. The van der Waals surface area contributed by atoms with Gasteiger partial charge in [0.1, 0.15) is 0 Å². The Bertz CT molecular complexity index is 1020. The molecule has 0 aliphatic heterocycles. The summed E-state index contributed by atoms with van der Waals surface area (Å²) in [4.78, 5) is 2.33. The van der Waals surface area contributed by atoms with Crippen LogP contribution in [0.3, 0.4) is 0 Å². The van der Waals surface area contributed by atoms with Gasteiger partial charge in [-0.15, -0.1) is 0 Å². The van der Waals surface area contributed by atoms with Crippen LogP contribution in [0, 0.1) is 12.7 Å². The van der Waals surface area contributed by atoms with Gasteiger partial charge in [0.25, 0.3) is 0 Å². The third-order valence-electron chi connectivity index (χ3n) is 5.94. The molecule has 1 unspecified atom stereocenters. The zero-order chi connectivity index (χ0) is 22.5. The number of aliphatic hydroxyl groups is 1. The highest BCUT2D eigenvalue weighted by Crippen LogP contribution is 2.35. The van der Waals surface area contributed by atoms with Crippen molar-refractivity contribution in [1.82, 2.24) is 14.7 Å². The molecule has 0 spiro atoms. The van der Waals surface area contributed by atoms with Crippen molar-refractivity contribution < 1.29 is 14.2 Å². The number of halogens is 1. The second-order valence-electron chi connectivity index (χ2n) is 8.61. The fourth-order valence-corrected chi connectivity index (χ4v) is 3.99. The Balaban J connectivity index is 1.67. The van der Waals surface area contributed by atoms with E-state index in [1.54, 1.807) is 22.9 Å². The average molecular weight is 438 g/mol. The van der Waals surface area contributed by atoms with Crippen molar-refractivity contribution >= 4 is 0 Å². The summed E-state index contributed by atoms with van der Waals surface area (Å²) in [6.45, 7) is 5.33. The maximum absolute atomic E-state index is 14.4. The normalized spacial score (nSPS) is 14.7. The number of benzene rings is 2. The summed E-state index contributed by atoms with van der Waals surface area (Å²) in [6, 6.07) is 16.6. The Morgan fingerprint density at radius 3 is 2.56 bits per heavy atom. The molecule has 1 saturated carbocycles. The predicted molar refractivity (Wildman–Crippen MR) is 124 cm³/mol. The lowest BCUT2D eigenvalue weighted by atomic mass is 10.1. The standard InChI is InChI=1S/C26H32FN3O2/c1-3-4-12-22(31)17-29(20-15-16-20)18-23-19(2)28-30(21-10-6-5-7-11-21)26(23)32-25-14-9-8-13-24(25)27/h5-11,13-14,20,22,31H,3-4,12,15-18H2,1-2H3. The number of rotatable bonds is 11. The van der Waals surface area contributed by atoms with E-state index < -0.39 is 5.82 Å². The number of hydrogen-bond acceptors (Lipinski definition) is 4. The molecular formula is C26H32FN3O2. The van der Waals surface area contributed by atoms with Crippen LogP contribution in [0.4, 0.5) is 4.39 Å². The van der Waals surface area contributed by atoms with Gasteiger partial charge in [0.05, 0.1) is 23.0 Å². The summed E-state index contributed by atoms with van der Waals surface area (Å²) in [7, 11) is 0. The monoisotopic (exact) mass is 437 g/mol. The molecule has 1 N–H and O–H groups in total. The van der Waals surface area contributed by atoms with Gasteiger partial charge in [-0.3, -0.25) is 4.90 Å². The van der Waals surface area contributed by atoms with Crippen LogP contribution >= 0.6 is 0 Å². The molecule has 170 valence electrons. The van der Waals surface area contributed by atoms with Crippen molar-refractivity contribution in [3.05, 3.63) is 71.7 Å². The molecule has 0 radical (unpaired) electrons. The average Bonchev–Trinajstić information content (AvgIpc) is 3.60. The van der Waals surface area contributed by atoms with E-state index in [4.69, 9.17) is 9.84 Å². The van der Waals surface area contributed by atoms with E-state index in [1.807, 2.05) is 37.3 Å². The second-order valence-corrected chi connectivity index (χ2v) is 8.61. The van der Waals surface area contributed by atoms with Crippen LogP contribution in [-0.4, -0.2) is 38.5 Å². The number of nitrogens with zero attached hydrogens (tertiary/aromatic N) is 3. The van der Waals surface area contributed by atoms with E-state index in [2.05, 4.69) is 11.8 Å². The first-order valence-corrected chi connectivity index (χ1v) is 11.5. The van der Waals surface area contributed by atoms with Gasteiger partial charge >= 0.3 is 0 Å². The number of ether oxygens (including phenoxy) is 1. The molecule has 1 aromatic heterocycles. The molecule has 4 rings (SSSR count). The molecule has 0 bridgehead atoms. The van der Waals surface area contributed by atoms with Crippen molar-refractivity contribution in [1.29, 1.82) is 0 Å². The smallest absolute Gasteiger partial charge is 0.227 e. The molecule has 2 aromatic carbocycles. The highest BCUT2D eigenvalue weighted by molar-refractivity contribution is 5.43. The third kappa shape index (κ3) is 5.37. The molecule has 6 heteroatoms. The molecule has 1 atom stereocenters. The van der Waals surface area contributed by atoms with Crippen LogP contribution in [0.5, 0.6) is 11.6 Å². The van der Waals surface area contributed by atoms with Crippen molar-refractivity contribution in [3.8, 4) is 17.3 Å². The van der Waals surface area contributed by atoms with E-state index in [9.17, 15) is 9.50 Å². The summed E-state index contributed by atoms with van der Waals surface area (Å²) >= 11 is 0. The van der Waals surface area contributed by atoms with Crippen LogP contribution in [0.15, 0.2) is 54.6 Å². The number of para-hydroxylation sites is 2. The molecular weight excluding hydrogens is 405 g/mol. The first-order chi connectivity index (χ1) is 15.6. The molecule has 0 saturated heterocycles. The zero-order valence-electron chi connectivity index (χ0n) is 18.9. The Kier molecular flexibility index (Phi) is 7.22.